The van der Waals surface area contributed by atoms with Gasteiger partial charge >= 0.3 is 0 Å². The zero-order chi connectivity index (χ0) is 14.0. The van der Waals surface area contributed by atoms with Gasteiger partial charge in [0.2, 0.25) is 0 Å². The second kappa shape index (κ2) is 5.61. The predicted molar refractivity (Wildman–Crippen MR) is 82.7 cm³/mol. The first-order valence-electron chi connectivity index (χ1n) is 6.64. The van der Waals surface area contributed by atoms with Gasteiger partial charge in [0.15, 0.2) is 0 Å². The first-order valence-corrected chi connectivity index (χ1v) is 7.45. The summed E-state index contributed by atoms with van der Waals surface area (Å²) in [7, 11) is 0. The van der Waals surface area contributed by atoms with Gasteiger partial charge in [-0.15, -0.1) is 11.3 Å². The Labute approximate surface area is 118 Å². The number of amides is 1. The summed E-state index contributed by atoms with van der Waals surface area (Å²) in [4.78, 5) is 15.2. The van der Waals surface area contributed by atoms with Crippen molar-refractivity contribution >= 4 is 33.0 Å². The van der Waals surface area contributed by atoms with Gasteiger partial charge in [-0.1, -0.05) is 25.1 Å². The quantitative estimate of drug-likeness (QED) is 0.924. The van der Waals surface area contributed by atoms with Gasteiger partial charge in [0, 0.05) is 22.7 Å². The molecule has 2 aromatic rings. The Morgan fingerprint density at radius 2 is 2.05 bits per heavy atom. The van der Waals surface area contributed by atoms with Crippen LogP contribution >= 0.6 is 11.3 Å². The molecule has 19 heavy (non-hydrogen) atoms. The van der Waals surface area contributed by atoms with E-state index in [4.69, 9.17) is 5.73 Å². The minimum Gasteiger partial charge on any atom is -0.397 e. The molecule has 0 spiro atoms. The van der Waals surface area contributed by atoms with Crippen LogP contribution in [0.2, 0.25) is 0 Å². The lowest BCUT2D eigenvalue weighted by Gasteiger charge is -2.25. The number of rotatable bonds is 4. The number of nitrogen functional groups attached to an aromatic ring is 1. The Morgan fingerprint density at radius 1 is 1.37 bits per heavy atom. The van der Waals surface area contributed by atoms with Crippen LogP contribution in [0.3, 0.4) is 0 Å². The Hall–Kier alpha value is -1.55. The monoisotopic (exact) mass is 276 g/mol. The van der Waals surface area contributed by atoms with E-state index >= 15 is 0 Å². The highest BCUT2D eigenvalue weighted by molar-refractivity contribution is 7.21. The summed E-state index contributed by atoms with van der Waals surface area (Å²) in [5, 5.41) is 0.982. The molecule has 1 amide bonds. The maximum absolute atomic E-state index is 12.6. The highest BCUT2D eigenvalue weighted by atomic mass is 32.1. The van der Waals surface area contributed by atoms with Gasteiger partial charge in [0.25, 0.3) is 5.91 Å². The lowest BCUT2D eigenvalue weighted by molar-refractivity contribution is 0.0712. The molecule has 0 saturated carbocycles. The van der Waals surface area contributed by atoms with Gasteiger partial charge in [-0.2, -0.15) is 0 Å². The predicted octanol–water partition coefficient (Wildman–Crippen LogP) is 3.74. The van der Waals surface area contributed by atoms with Gasteiger partial charge < -0.3 is 10.6 Å². The second-order valence-electron chi connectivity index (χ2n) is 4.93. The lowest BCUT2D eigenvalue weighted by Crippen LogP contribution is -2.37. The van der Waals surface area contributed by atoms with E-state index in [9.17, 15) is 4.79 Å². The summed E-state index contributed by atoms with van der Waals surface area (Å²) >= 11 is 1.49. The molecular weight excluding hydrogens is 256 g/mol. The van der Waals surface area contributed by atoms with E-state index in [1.165, 1.54) is 11.3 Å². The molecule has 2 rings (SSSR count). The number of hydrogen-bond acceptors (Lipinski definition) is 3. The van der Waals surface area contributed by atoms with Gasteiger partial charge in [-0.05, 0) is 26.3 Å². The molecule has 0 fully saturated rings. The molecule has 4 heteroatoms. The number of carbonyl (C=O) groups is 1. The van der Waals surface area contributed by atoms with Crippen molar-refractivity contribution in [2.24, 2.45) is 0 Å². The fraction of sp³-hybridized carbons (Fsp3) is 0.400. The number of anilines is 1. The molecule has 1 heterocycles. The number of nitrogens with two attached hydrogens (primary N) is 1. The summed E-state index contributed by atoms with van der Waals surface area (Å²) in [6.45, 7) is 6.93. The summed E-state index contributed by atoms with van der Waals surface area (Å²) in [5.41, 5.74) is 6.75. The Bertz CT molecular complexity index is 589. The van der Waals surface area contributed by atoms with E-state index in [1.807, 2.05) is 43.0 Å². The zero-order valence-electron chi connectivity index (χ0n) is 11.6. The summed E-state index contributed by atoms with van der Waals surface area (Å²) in [5.74, 6) is 0.0514. The number of thiophene rings is 1. The van der Waals surface area contributed by atoms with E-state index in [2.05, 4.69) is 6.92 Å². The van der Waals surface area contributed by atoms with Gasteiger partial charge in [-0.25, -0.2) is 0 Å². The van der Waals surface area contributed by atoms with Crippen molar-refractivity contribution in [3.63, 3.8) is 0 Å². The van der Waals surface area contributed by atoms with Crippen LogP contribution in [-0.2, 0) is 0 Å². The van der Waals surface area contributed by atoms with Crippen LogP contribution in [0.1, 0.15) is 36.9 Å². The topological polar surface area (TPSA) is 46.3 Å². The molecule has 2 N–H and O–H groups in total. The Balaban J connectivity index is 2.43. The van der Waals surface area contributed by atoms with Gasteiger partial charge in [0.05, 0.1) is 5.69 Å². The summed E-state index contributed by atoms with van der Waals surface area (Å²) < 4.78 is 1.07. The average molecular weight is 276 g/mol. The third-order valence-electron chi connectivity index (χ3n) is 3.18. The fourth-order valence-electron chi connectivity index (χ4n) is 2.19. The lowest BCUT2D eigenvalue weighted by atomic mass is 10.2. The average Bonchev–Trinajstić information content (AvgIpc) is 2.73. The zero-order valence-corrected chi connectivity index (χ0v) is 12.5. The molecular formula is C15H20N2OS. The first kappa shape index (κ1) is 13.9. The number of hydrogen-bond donors (Lipinski definition) is 1. The van der Waals surface area contributed by atoms with Gasteiger partial charge in [0.1, 0.15) is 4.88 Å². The van der Waals surface area contributed by atoms with Crippen molar-refractivity contribution in [1.82, 2.24) is 4.90 Å². The molecule has 0 aliphatic carbocycles. The number of nitrogens with zero attached hydrogens (tertiary/aromatic N) is 1. The smallest absolute Gasteiger partial charge is 0.266 e. The molecule has 1 aromatic carbocycles. The number of carbonyl (C=O) groups excluding carboxylic acids is 1. The third kappa shape index (κ3) is 2.59. The highest BCUT2D eigenvalue weighted by Gasteiger charge is 2.23. The van der Waals surface area contributed by atoms with Crippen molar-refractivity contribution in [1.29, 1.82) is 0 Å². The van der Waals surface area contributed by atoms with Crippen LogP contribution in [-0.4, -0.2) is 23.4 Å². The van der Waals surface area contributed by atoms with Crippen molar-refractivity contribution in [3.8, 4) is 0 Å². The van der Waals surface area contributed by atoms with E-state index in [0.717, 1.165) is 23.1 Å². The van der Waals surface area contributed by atoms with Crippen LogP contribution in [0.15, 0.2) is 24.3 Å². The Morgan fingerprint density at radius 3 is 2.63 bits per heavy atom. The maximum Gasteiger partial charge on any atom is 0.266 e. The van der Waals surface area contributed by atoms with Crippen LogP contribution in [0, 0.1) is 0 Å². The molecule has 1 aromatic heterocycles. The molecule has 0 radical (unpaired) electrons. The molecule has 0 atom stereocenters. The first-order chi connectivity index (χ1) is 9.06. The van der Waals surface area contributed by atoms with Crippen molar-refractivity contribution in [3.05, 3.63) is 29.1 Å². The van der Waals surface area contributed by atoms with Crippen molar-refractivity contribution in [2.75, 3.05) is 12.3 Å². The maximum atomic E-state index is 12.6. The highest BCUT2D eigenvalue weighted by Crippen LogP contribution is 2.34. The molecule has 0 bridgehead atoms. The summed E-state index contributed by atoms with van der Waals surface area (Å²) in [6, 6.07) is 8.09. The molecule has 0 unspecified atom stereocenters. The largest absolute Gasteiger partial charge is 0.397 e. The van der Waals surface area contributed by atoms with Crippen LogP contribution < -0.4 is 5.73 Å². The van der Waals surface area contributed by atoms with Crippen molar-refractivity contribution < 1.29 is 4.79 Å². The van der Waals surface area contributed by atoms with E-state index in [-0.39, 0.29) is 11.9 Å². The number of benzene rings is 1. The molecule has 0 aliphatic heterocycles. The number of fused-ring (bicyclic) bond motifs is 1. The third-order valence-corrected chi connectivity index (χ3v) is 4.35. The van der Waals surface area contributed by atoms with Crippen LogP contribution in [0.5, 0.6) is 0 Å². The molecule has 0 aliphatic rings. The SMILES string of the molecule is CCCN(C(=O)c1sc2ccccc2c1N)C(C)C. The summed E-state index contributed by atoms with van der Waals surface area (Å²) in [6.07, 6.45) is 0.953. The van der Waals surface area contributed by atoms with Gasteiger partial charge in [-0.3, -0.25) is 4.79 Å². The minimum atomic E-state index is 0.0514. The molecule has 3 nitrogen and oxygen atoms in total. The molecule has 102 valence electrons. The fourth-order valence-corrected chi connectivity index (χ4v) is 3.27. The standard InChI is InChI=1S/C15H20N2OS/c1-4-9-17(10(2)3)15(18)14-13(16)11-7-5-6-8-12(11)19-14/h5-8,10H,4,9,16H2,1-3H3. The Kier molecular flexibility index (Phi) is 4.10. The van der Waals surface area contributed by atoms with E-state index in [1.54, 1.807) is 0 Å². The van der Waals surface area contributed by atoms with Crippen molar-refractivity contribution in [2.45, 2.75) is 33.2 Å². The normalized spacial score (nSPS) is 11.2. The van der Waals surface area contributed by atoms with Crippen LogP contribution in [0.25, 0.3) is 10.1 Å². The van der Waals surface area contributed by atoms with E-state index < -0.39 is 0 Å². The van der Waals surface area contributed by atoms with Crippen LogP contribution in [0.4, 0.5) is 5.69 Å². The minimum absolute atomic E-state index is 0.0514. The second-order valence-corrected chi connectivity index (χ2v) is 5.99. The molecule has 0 saturated heterocycles. The van der Waals surface area contributed by atoms with E-state index in [0.29, 0.717) is 10.6 Å².